The molecule has 2 aromatic heterocycles. The smallest absolute Gasteiger partial charge is 0.0947 e. The lowest BCUT2D eigenvalue weighted by Crippen LogP contribution is -2.15. The van der Waals surface area contributed by atoms with Gasteiger partial charge in [0.1, 0.15) is 0 Å². The first kappa shape index (κ1) is 30.6. The number of hydrogen-bond acceptors (Lipinski definition) is 0. The van der Waals surface area contributed by atoms with Crippen molar-refractivity contribution in [3.05, 3.63) is 101 Å². The first-order chi connectivity index (χ1) is 22.8. The summed E-state index contributed by atoms with van der Waals surface area (Å²) in [5.74, 6) is 0. The molecule has 248 valence electrons. The van der Waals surface area contributed by atoms with Gasteiger partial charge in [-0.1, -0.05) is 101 Å². The van der Waals surface area contributed by atoms with Gasteiger partial charge >= 0.3 is 0 Å². The van der Waals surface area contributed by atoms with Crippen LogP contribution in [0, 0.1) is 0 Å². The van der Waals surface area contributed by atoms with Crippen LogP contribution in [-0.4, -0.2) is 13.4 Å². The molecule has 0 bridgehead atoms. The van der Waals surface area contributed by atoms with Crippen molar-refractivity contribution in [2.45, 2.75) is 105 Å². The molecular weight excluding hydrogens is 595 g/mol. The van der Waals surface area contributed by atoms with E-state index in [9.17, 15) is 0 Å². The zero-order valence-electron chi connectivity index (χ0n) is 31.3. The molecule has 3 heteroatoms. The van der Waals surface area contributed by atoms with E-state index >= 15 is 0 Å². The van der Waals surface area contributed by atoms with Gasteiger partial charge in [0.05, 0.1) is 49.8 Å². The van der Waals surface area contributed by atoms with Crippen LogP contribution in [0.3, 0.4) is 0 Å². The summed E-state index contributed by atoms with van der Waals surface area (Å²) in [6.45, 7) is 28.0. The third-order valence-electron chi connectivity index (χ3n) is 11.3. The minimum atomic E-state index is -0.0167. The van der Waals surface area contributed by atoms with Crippen molar-refractivity contribution in [3.63, 3.8) is 0 Å². The molecule has 5 aromatic carbocycles. The summed E-state index contributed by atoms with van der Waals surface area (Å²) >= 11 is 0. The predicted molar refractivity (Wildman–Crippen MR) is 212 cm³/mol. The van der Waals surface area contributed by atoms with E-state index in [1.165, 1.54) is 93.6 Å². The lowest BCUT2D eigenvalue weighted by atomic mass is 9.84. The Morgan fingerprint density at radius 1 is 0.347 bits per heavy atom. The molecule has 0 radical (unpaired) electrons. The minimum Gasteiger partial charge on any atom is -0.305 e. The molecule has 0 saturated heterocycles. The number of nitrogens with zero attached hydrogens (tertiary/aromatic N) is 3. The van der Waals surface area contributed by atoms with E-state index in [0.29, 0.717) is 0 Å². The largest absolute Gasteiger partial charge is 0.305 e. The van der Waals surface area contributed by atoms with Crippen LogP contribution in [0.1, 0.15) is 105 Å². The highest BCUT2D eigenvalue weighted by Crippen LogP contribution is 2.47. The number of para-hydroxylation sites is 1. The van der Waals surface area contributed by atoms with Crippen molar-refractivity contribution in [1.29, 1.82) is 0 Å². The second kappa shape index (κ2) is 9.18. The molecule has 9 rings (SSSR count). The topological polar surface area (TPSA) is 13.8 Å². The Balaban J connectivity index is 1.63. The standard InChI is InChI=1S/C46H49N3/c1-43(2,3)26-16-18-34-30(20-26)32-22-28(45(7,8)9)24-38-40(32)47(34)36-14-13-15-37-42(36)49(38)39-25-29(46(10,11)12)23-33-31-21-27(44(4,5)6)17-19-35(31)48(37)41(33)39/h13-25H,1-12H3. The Morgan fingerprint density at radius 3 is 1.08 bits per heavy atom. The van der Waals surface area contributed by atoms with Crippen molar-refractivity contribution < 1.29 is 0 Å². The van der Waals surface area contributed by atoms with E-state index < -0.39 is 0 Å². The van der Waals surface area contributed by atoms with E-state index in [0.717, 1.165) is 0 Å². The van der Waals surface area contributed by atoms with Gasteiger partial charge in [-0.15, -0.1) is 0 Å². The monoisotopic (exact) mass is 643 g/mol. The maximum atomic E-state index is 2.63. The van der Waals surface area contributed by atoms with Gasteiger partial charge in [-0.3, -0.25) is 0 Å². The molecule has 0 aliphatic carbocycles. The summed E-state index contributed by atoms with van der Waals surface area (Å²) in [6, 6.07) is 31.2. The van der Waals surface area contributed by atoms with Crippen LogP contribution >= 0.6 is 0 Å². The Bertz CT molecular complexity index is 2590. The van der Waals surface area contributed by atoms with Crippen molar-refractivity contribution in [1.82, 2.24) is 13.4 Å². The van der Waals surface area contributed by atoms with E-state index in [-0.39, 0.29) is 21.7 Å². The molecule has 4 heterocycles. The highest BCUT2D eigenvalue weighted by Gasteiger charge is 2.30. The Hall–Kier alpha value is -4.50. The number of aromatic nitrogens is 3. The molecule has 3 nitrogen and oxygen atoms in total. The zero-order valence-corrected chi connectivity index (χ0v) is 31.3. The van der Waals surface area contributed by atoms with Crippen LogP contribution in [0.4, 0.5) is 0 Å². The van der Waals surface area contributed by atoms with Gasteiger partial charge < -0.3 is 13.4 Å². The quantitative estimate of drug-likeness (QED) is 0.115. The van der Waals surface area contributed by atoms with Crippen molar-refractivity contribution in [2.75, 3.05) is 0 Å². The highest BCUT2D eigenvalue weighted by atomic mass is 15.1. The average molecular weight is 644 g/mol. The summed E-state index contributed by atoms with van der Waals surface area (Å²) in [5, 5.41) is 5.34. The maximum absolute atomic E-state index is 2.63. The number of rotatable bonds is 0. The SMILES string of the molecule is CC(C)(C)c1ccc2c(c1)c1cc(C(C)(C)C)cc3c1n2c1cccc2c1-n3c1cc(C(C)(C)C)cc3c4cc(C(C)(C)C)ccc4n2c31. The minimum absolute atomic E-state index is 0.0167. The molecule has 0 atom stereocenters. The third kappa shape index (κ3) is 4.08. The Kier molecular flexibility index (Phi) is 5.73. The Morgan fingerprint density at radius 2 is 0.714 bits per heavy atom. The molecule has 2 aliphatic rings. The molecule has 49 heavy (non-hydrogen) atoms. The predicted octanol–water partition coefficient (Wildman–Crippen LogP) is 12.8. The van der Waals surface area contributed by atoms with Gasteiger partial charge in [0.2, 0.25) is 0 Å². The van der Waals surface area contributed by atoms with Crippen LogP contribution in [0.2, 0.25) is 0 Å². The molecule has 7 aromatic rings. The summed E-state index contributed by atoms with van der Waals surface area (Å²) in [5.41, 5.74) is 17.0. The van der Waals surface area contributed by atoms with Crippen LogP contribution in [0.25, 0.3) is 71.4 Å². The molecular formula is C46H49N3. The normalized spacial score (nSPS) is 14.1. The van der Waals surface area contributed by atoms with E-state index in [4.69, 9.17) is 0 Å². The van der Waals surface area contributed by atoms with Gasteiger partial charge in [0.25, 0.3) is 0 Å². The lowest BCUT2D eigenvalue weighted by Gasteiger charge is -2.27. The van der Waals surface area contributed by atoms with Crippen molar-refractivity contribution in [2.24, 2.45) is 0 Å². The van der Waals surface area contributed by atoms with Gasteiger partial charge in [0, 0.05) is 21.5 Å². The summed E-state index contributed by atoms with van der Waals surface area (Å²) in [6.07, 6.45) is 0. The van der Waals surface area contributed by atoms with Crippen molar-refractivity contribution in [3.8, 4) is 5.69 Å². The van der Waals surface area contributed by atoms with Gasteiger partial charge in [-0.25, -0.2) is 0 Å². The number of hydrogen-bond donors (Lipinski definition) is 0. The second-order valence-electron chi connectivity index (χ2n) is 18.9. The number of fused-ring (bicyclic) bond motifs is 10. The van der Waals surface area contributed by atoms with Gasteiger partial charge in [-0.2, -0.15) is 0 Å². The van der Waals surface area contributed by atoms with Crippen LogP contribution in [0.15, 0.2) is 78.9 Å². The van der Waals surface area contributed by atoms with E-state index in [1.807, 2.05) is 0 Å². The van der Waals surface area contributed by atoms with E-state index in [2.05, 4.69) is 175 Å². The first-order valence-electron chi connectivity index (χ1n) is 18.0. The molecule has 2 aliphatic heterocycles. The molecule has 0 amide bonds. The van der Waals surface area contributed by atoms with Crippen molar-refractivity contribution >= 4 is 65.7 Å². The summed E-state index contributed by atoms with van der Waals surface area (Å²) in [7, 11) is 0. The van der Waals surface area contributed by atoms with Crippen LogP contribution in [-0.2, 0) is 21.7 Å². The highest BCUT2D eigenvalue weighted by molar-refractivity contribution is 6.21. The van der Waals surface area contributed by atoms with Crippen LogP contribution in [0.5, 0.6) is 0 Å². The maximum Gasteiger partial charge on any atom is 0.0947 e. The lowest BCUT2D eigenvalue weighted by molar-refractivity contribution is 0.590. The molecule has 0 saturated carbocycles. The fourth-order valence-electron chi connectivity index (χ4n) is 8.37. The third-order valence-corrected chi connectivity index (χ3v) is 11.3. The number of benzene rings is 5. The second-order valence-corrected chi connectivity index (χ2v) is 18.9. The van der Waals surface area contributed by atoms with Gasteiger partial charge in [0.15, 0.2) is 0 Å². The Labute approximate surface area is 289 Å². The molecule has 0 spiro atoms. The summed E-state index contributed by atoms with van der Waals surface area (Å²) in [4.78, 5) is 0. The first-order valence-corrected chi connectivity index (χ1v) is 18.0. The van der Waals surface area contributed by atoms with Crippen LogP contribution < -0.4 is 0 Å². The van der Waals surface area contributed by atoms with Gasteiger partial charge in [-0.05, 0) is 105 Å². The zero-order chi connectivity index (χ0) is 34.7. The van der Waals surface area contributed by atoms with E-state index in [1.54, 1.807) is 0 Å². The summed E-state index contributed by atoms with van der Waals surface area (Å²) < 4.78 is 7.76. The average Bonchev–Trinajstić information content (AvgIpc) is 3.52. The fraction of sp³-hybridized carbons (Fsp3) is 0.348. The molecule has 0 unspecified atom stereocenters. The molecule has 0 N–H and O–H groups in total. The molecule has 0 fully saturated rings. The fourth-order valence-corrected chi connectivity index (χ4v) is 8.37.